The molecule has 1 fully saturated rings. The largest absolute Gasteiger partial charge is 0.507 e. The number of carbonyl (C=O) groups is 1. The minimum Gasteiger partial charge on any atom is -0.507 e. The van der Waals surface area contributed by atoms with E-state index >= 15 is 0 Å². The van der Waals surface area contributed by atoms with Gasteiger partial charge < -0.3 is 5.11 Å². The zero-order valence-electron chi connectivity index (χ0n) is 15.3. The van der Waals surface area contributed by atoms with Crippen LogP contribution < -0.4 is 5.43 Å². The number of hydrogen-bond acceptors (Lipinski definition) is 3. The molecule has 0 heterocycles. The molecule has 1 aliphatic carbocycles. The summed E-state index contributed by atoms with van der Waals surface area (Å²) in [6.45, 7) is 0. The van der Waals surface area contributed by atoms with Gasteiger partial charge in [0.05, 0.1) is 16.6 Å². The maximum absolute atomic E-state index is 12.9. The molecule has 2 N–H and O–H groups in total. The van der Waals surface area contributed by atoms with Crippen molar-refractivity contribution in [1.82, 2.24) is 5.43 Å². The maximum atomic E-state index is 12.9. The number of amides is 1. The number of benzene rings is 3. The number of hydrazone groups is 1. The molecule has 146 valence electrons. The summed E-state index contributed by atoms with van der Waals surface area (Å²) in [5, 5.41) is 13.9. The average Bonchev–Trinajstić information content (AvgIpc) is 3.50. The molecule has 3 aromatic carbocycles. The Kier molecular flexibility index (Phi) is 5.56. The standard InChI is InChI=1S/C23H18Br2N2O2/c24-19-12-20(25)21(28)11-15(19)14-26-27-22(29)18-13-23(18,16-7-3-1-4-8-16)17-9-5-2-6-10-17/h1-12,14,18,28H,13H2,(H,27,29)/b26-14+. The molecule has 0 aliphatic heterocycles. The van der Waals surface area contributed by atoms with Crippen LogP contribution in [0.5, 0.6) is 5.75 Å². The first kappa shape index (κ1) is 19.9. The number of hydrogen-bond donors (Lipinski definition) is 2. The molecule has 1 saturated carbocycles. The Labute approximate surface area is 185 Å². The van der Waals surface area contributed by atoms with Crippen LogP contribution in [-0.4, -0.2) is 17.2 Å². The lowest BCUT2D eigenvalue weighted by atomic mass is 9.85. The van der Waals surface area contributed by atoms with Crippen molar-refractivity contribution in [2.75, 3.05) is 0 Å². The van der Waals surface area contributed by atoms with Crippen LogP contribution in [0.3, 0.4) is 0 Å². The molecule has 0 radical (unpaired) electrons. The highest BCUT2D eigenvalue weighted by Gasteiger charge is 2.60. The fraction of sp³-hybridized carbons (Fsp3) is 0.130. The van der Waals surface area contributed by atoms with E-state index in [2.05, 4.69) is 66.7 Å². The fourth-order valence-electron chi connectivity index (χ4n) is 3.75. The molecule has 4 rings (SSSR count). The van der Waals surface area contributed by atoms with Gasteiger partial charge in [-0.2, -0.15) is 5.10 Å². The van der Waals surface area contributed by atoms with Crippen LogP contribution in [0.25, 0.3) is 0 Å². The highest BCUT2D eigenvalue weighted by molar-refractivity contribution is 9.11. The van der Waals surface area contributed by atoms with E-state index in [0.29, 0.717) is 10.0 Å². The first-order valence-electron chi connectivity index (χ1n) is 9.14. The van der Waals surface area contributed by atoms with E-state index in [0.717, 1.165) is 22.0 Å². The van der Waals surface area contributed by atoms with E-state index in [9.17, 15) is 9.90 Å². The Morgan fingerprint density at radius 2 is 1.59 bits per heavy atom. The van der Waals surface area contributed by atoms with Crippen molar-refractivity contribution in [3.8, 4) is 5.75 Å². The van der Waals surface area contributed by atoms with E-state index < -0.39 is 0 Å². The van der Waals surface area contributed by atoms with Crippen LogP contribution in [0.1, 0.15) is 23.1 Å². The lowest BCUT2D eigenvalue weighted by Gasteiger charge is -2.18. The summed E-state index contributed by atoms with van der Waals surface area (Å²) in [6.07, 6.45) is 2.26. The Balaban J connectivity index is 1.54. The van der Waals surface area contributed by atoms with Gasteiger partial charge in [-0.3, -0.25) is 4.79 Å². The zero-order valence-corrected chi connectivity index (χ0v) is 18.5. The second-order valence-electron chi connectivity index (χ2n) is 7.02. The molecular weight excluding hydrogens is 496 g/mol. The van der Waals surface area contributed by atoms with Crippen LogP contribution in [-0.2, 0) is 10.2 Å². The van der Waals surface area contributed by atoms with Gasteiger partial charge in [0, 0.05) is 15.5 Å². The topological polar surface area (TPSA) is 61.7 Å². The molecule has 0 aromatic heterocycles. The summed E-state index contributed by atoms with van der Waals surface area (Å²) in [4.78, 5) is 12.9. The first-order chi connectivity index (χ1) is 14.0. The van der Waals surface area contributed by atoms with Crippen molar-refractivity contribution >= 4 is 44.0 Å². The lowest BCUT2D eigenvalue weighted by Crippen LogP contribution is -2.25. The lowest BCUT2D eigenvalue weighted by molar-refractivity contribution is -0.122. The summed E-state index contributed by atoms with van der Waals surface area (Å²) in [6, 6.07) is 23.6. The number of phenols is 1. The summed E-state index contributed by atoms with van der Waals surface area (Å²) in [5.41, 5.74) is 5.28. The van der Waals surface area contributed by atoms with Gasteiger partial charge in [0.1, 0.15) is 5.75 Å². The van der Waals surface area contributed by atoms with E-state index in [1.54, 1.807) is 12.1 Å². The number of carbonyl (C=O) groups excluding carboxylic acids is 1. The van der Waals surface area contributed by atoms with Crippen molar-refractivity contribution in [3.05, 3.63) is 98.4 Å². The van der Waals surface area contributed by atoms with E-state index in [1.165, 1.54) is 6.21 Å². The van der Waals surface area contributed by atoms with Gasteiger partial charge >= 0.3 is 0 Å². The van der Waals surface area contributed by atoms with Gasteiger partial charge in [-0.15, -0.1) is 0 Å². The quantitative estimate of drug-likeness (QED) is 0.355. The number of phenolic OH excluding ortho intramolecular Hbond substituents is 1. The minimum atomic E-state index is -0.321. The molecule has 1 unspecified atom stereocenters. The maximum Gasteiger partial charge on any atom is 0.244 e. The van der Waals surface area contributed by atoms with E-state index in [1.807, 2.05) is 36.4 Å². The molecule has 1 amide bonds. The highest BCUT2D eigenvalue weighted by Crippen LogP contribution is 2.58. The minimum absolute atomic E-state index is 0.107. The van der Waals surface area contributed by atoms with Crippen molar-refractivity contribution in [3.63, 3.8) is 0 Å². The van der Waals surface area contributed by atoms with Gasteiger partial charge in [0.25, 0.3) is 0 Å². The van der Waals surface area contributed by atoms with Crippen LogP contribution in [0.2, 0.25) is 0 Å². The summed E-state index contributed by atoms with van der Waals surface area (Å²) in [5.74, 6) is -0.201. The second-order valence-corrected chi connectivity index (χ2v) is 8.73. The molecule has 0 saturated heterocycles. The molecule has 29 heavy (non-hydrogen) atoms. The predicted octanol–water partition coefficient (Wildman–Crippen LogP) is 5.37. The number of aromatic hydroxyl groups is 1. The second kappa shape index (κ2) is 8.13. The van der Waals surface area contributed by atoms with Crippen molar-refractivity contribution in [2.24, 2.45) is 11.0 Å². The molecule has 0 bridgehead atoms. The highest BCUT2D eigenvalue weighted by atomic mass is 79.9. The van der Waals surface area contributed by atoms with Gasteiger partial charge in [-0.25, -0.2) is 5.43 Å². The predicted molar refractivity (Wildman–Crippen MR) is 121 cm³/mol. The third-order valence-corrected chi connectivity index (χ3v) is 6.62. The van der Waals surface area contributed by atoms with Crippen molar-refractivity contribution in [2.45, 2.75) is 11.8 Å². The molecule has 1 atom stereocenters. The van der Waals surface area contributed by atoms with Crippen LogP contribution in [0.15, 0.2) is 86.8 Å². The molecule has 4 nitrogen and oxygen atoms in total. The fourth-order valence-corrected chi connectivity index (χ4v) is 4.85. The molecule has 0 spiro atoms. The Hall–Kier alpha value is -2.44. The molecular formula is C23H18Br2N2O2. The number of nitrogens with zero attached hydrogens (tertiary/aromatic N) is 1. The molecule has 1 aliphatic rings. The Morgan fingerprint density at radius 1 is 1.00 bits per heavy atom. The van der Waals surface area contributed by atoms with E-state index in [-0.39, 0.29) is 23.0 Å². The van der Waals surface area contributed by atoms with Gasteiger partial charge in [-0.1, -0.05) is 76.6 Å². The Bertz CT molecular complexity index is 1030. The smallest absolute Gasteiger partial charge is 0.244 e. The third kappa shape index (κ3) is 3.87. The summed E-state index contributed by atoms with van der Waals surface area (Å²) >= 11 is 6.69. The zero-order chi connectivity index (χ0) is 20.4. The third-order valence-electron chi connectivity index (χ3n) is 5.30. The van der Waals surface area contributed by atoms with Crippen molar-refractivity contribution < 1.29 is 9.90 Å². The monoisotopic (exact) mass is 512 g/mol. The van der Waals surface area contributed by atoms with Crippen LogP contribution in [0.4, 0.5) is 0 Å². The summed E-state index contributed by atoms with van der Waals surface area (Å²) < 4.78 is 1.34. The first-order valence-corrected chi connectivity index (χ1v) is 10.7. The Morgan fingerprint density at radius 3 is 2.17 bits per heavy atom. The SMILES string of the molecule is O=C(N/N=C/c1cc(O)c(Br)cc1Br)C1CC1(c1ccccc1)c1ccccc1. The number of halogens is 2. The van der Waals surface area contributed by atoms with Gasteiger partial charge in [0.2, 0.25) is 5.91 Å². The molecule has 6 heteroatoms. The summed E-state index contributed by atoms with van der Waals surface area (Å²) in [7, 11) is 0. The number of nitrogens with one attached hydrogen (secondary N) is 1. The van der Waals surface area contributed by atoms with Crippen molar-refractivity contribution in [1.29, 1.82) is 0 Å². The van der Waals surface area contributed by atoms with Gasteiger partial charge in [-0.05, 0) is 45.6 Å². The molecule has 3 aromatic rings. The van der Waals surface area contributed by atoms with Gasteiger partial charge in [0.15, 0.2) is 0 Å². The van der Waals surface area contributed by atoms with Crippen LogP contribution in [0, 0.1) is 5.92 Å². The number of rotatable bonds is 5. The van der Waals surface area contributed by atoms with Crippen LogP contribution >= 0.6 is 31.9 Å². The van der Waals surface area contributed by atoms with E-state index in [4.69, 9.17) is 0 Å². The normalized spacial score (nSPS) is 17.2. The average molecular weight is 514 g/mol.